The van der Waals surface area contributed by atoms with Crippen LogP contribution in [0.3, 0.4) is 0 Å². The third-order valence-electron chi connectivity index (χ3n) is 1.43. The Morgan fingerprint density at radius 1 is 1.42 bits per heavy atom. The van der Waals surface area contributed by atoms with Gasteiger partial charge in [0.2, 0.25) is 5.95 Å². The molecule has 0 spiro atoms. The van der Waals surface area contributed by atoms with Gasteiger partial charge in [0.1, 0.15) is 5.52 Å². The quantitative estimate of drug-likeness (QED) is 0.535. The first-order valence-corrected chi connectivity index (χ1v) is 3.23. The van der Waals surface area contributed by atoms with E-state index in [9.17, 15) is 4.79 Å². The van der Waals surface area contributed by atoms with E-state index in [2.05, 4.69) is 20.2 Å². The Morgan fingerprint density at radius 2 is 2.25 bits per heavy atom. The van der Waals surface area contributed by atoms with Crippen molar-refractivity contribution >= 4 is 16.9 Å². The molecule has 2 aromatic rings. The highest BCUT2D eigenvalue weighted by Crippen LogP contribution is 2.02. The number of nitrogens with zero attached hydrogens (tertiary/aromatic N) is 3. The first kappa shape index (κ1) is 6.71. The van der Waals surface area contributed by atoms with Gasteiger partial charge >= 0.3 is 0 Å². The number of hydrogen-bond acceptors (Lipinski definition) is 5. The van der Waals surface area contributed by atoms with Crippen LogP contribution in [0, 0.1) is 0 Å². The second kappa shape index (κ2) is 2.26. The molecule has 0 aromatic carbocycles. The highest BCUT2D eigenvalue weighted by Gasteiger charge is 1.99. The van der Waals surface area contributed by atoms with Gasteiger partial charge in [-0.1, -0.05) is 0 Å². The van der Waals surface area contributed by atoms with Crippen LogP contribution < -0.4 is 11.3 Å². The number of nitrogens with two attached hydrogens (primary N) is 1. The van der Waals surface area contributed by atoms with E-state index >= 15 is 0 Å². The maximum atomic E-state index is 11.1. The molecule has 0 saturated carbocycles. The average molecular weight is 163 g/mol. The SMILES string of the molecule is Nc1ncc2c(=O)[nH]ncc2n1. The van der Waals surface area contributed by atoms with Gasteiger partial charge in [-0.15, -0.1) is 0 Å². The molecule has 0 atom stereocenters. The monoisotopic (exact) mass is 163 g/mol. The van der Waals surface area contributed by atoms with Crippen LogP contribution in [0.15, 0.2) is 17.2 Å². The molecule has 0 fully saturated rings. The number of hydrogen-bond donors (Lipinski definition) is 2. The zero-order chi connectivity index (χ0) is 8.55. The number of H-pyrrole nitrogens is 1. The molecule has 0 unspecified atom stereocenters. The fourth-order valence-electron chi connectivity index (χ4n) is 0.895. The molecule has 2 rings (SSSR count). The molecule has 2 heterocycles. The molecule has 60 valence electrons. The summed E-state index contributed by atoms with van der Waals surface area (Å²) in [6.45, 7) is 0. The van der Waals surface area contributed by atoms with E-state index in [1.165, 1.54) is 12.4 Å². The number of rotatable bonds is 0. The number of nitrogens with one attached hydrogen (secondary N) is 1. The van der Waals surface area contributed by atoms with Crippen LogP contribution in [0.2, 0.25) is 0 Å². The molecule has 0 radical (unpaired) electrons. The van der Waals surface area contributed by atoms with Gasteiger partial charge in [0.15, 0.2) is 0 Å². The third kappa shape index (κ3) is 0.895. The van der Waals surface area contributed by atoms with E-state index in [0.717, 1.165) is 0 Å². The summed E-state index contributed by atoms with van der Waals surface area (Å²) in [7, 11) is 0. The second-order valence-corrected chi connectivity index (χ2v) is 2.23. The predicted octanol–water partition coefficient (Wildman–Crippen LogP) is -0.705. The Kier molecular flexibility index (Phi) is 1.26. The molecule has 0 aliphatic carbocycles. The van der Waals surface area contributed by atoms with Crippen LogP contribution in [0.5, 0.6) is 0 Å². The molecular weight excluding hydrogens is 158 g/mol. The van der Waals surface area contributed by atoms with E-state index < -0.39 is 0 Å². The predicted molar refractivity (Wildman–Crippen MR) is 42.4 cm³/mol. The molecule has 0 saturated heterocycles. The second-order valence-electron chi connectivity index (χ2n) is 2.23. The van der Waals surface area contributed by atoms with Gasteiger partial charge in [0.05, 0.1) is 11.6 Å². The van der Waals surface area contributed by atoms with Crippen molar-refractivity contribution in [1.82, 2.24) is 20.2 Å². The minimum absolute atomic E-state index is 0.134. The summed E-state index contributed by atoms with van der Waals surface area (Å²) in [6, 6.07) is 0. The normalized spacial score (nSPS) is 10.3. The van der Waals surface area contributed by atoms with Crippen molar-refractivity contribution in [3.8, 4) is 0 Å². The van der Waals surface area contributed by atoms with Crippen LogP contribution in [0.4, 0.5) is 5.95 Å². The lowest BCUT2D eigenvalue weighted by molar-refractivity contribution is 1.00. The number of aromatic amines is 1. The highest BCUT2D eigenvalue weighted by atomic mass is 16.1. The summed E-state index contributed by atoms with van der Waals surface area (Å²) in [5.41, 5.74) is 5.45. The molecule has 0 aliphatic heterocycles. The zero-order valence-corrected chi connectivity index (χ0v) is 5.98. The van der Waals surface area contributed by atoms with Crippen molar-refractivity contribution in [2.45, 2.75) is 0 Å². The topological polar surface area (TPSA) is 97.5 Å². The van der Waals surface area contributed by atoms with E-state index in [1.54, 1.807) is 0 Å². The zero-order valence-electron chi connectivity index (χ0n) is 5.98. The van der Waals surface area contributed by atoms with E-state index in [-0.39, 0.29) is 11.5 Å². The van der Waals surface area contributed by atoms with E-state index in [0.29, 0.717) is 10.9 Å². The van der Waals surface area contributed by atoms with Gasteiger partial charge in [-0.3, -0.25) is 4.79 Å². The summed E-state index contributed by atoms with van der Waals surface area (Å²) in [6.07, 6.45) is 2.80. The maximum Gasteiger partial charge on any atom is 0.275 e. The van der Waals surface area contributed by atoms with Crippen molar-refractivity contribution < 1.29 is 0 Å². The summed E-state index contributed by atoms with van der Waals surface area (Å²) < 4.78 is 0. The first-order chi connectivity index (χ1) is 5.77. The Morgan fingerprint density at radius 3 is 3.08 bits per heavy atom. The average Bonchev–Trinajstić information content (AvgIpc) is 2.04. The van der Waals surface area contributed by atoms with Crippen LogP contribution in [0.1, 0.15) is 0 Å². The van der Waals surface area contributed by atoms with Crippen molar-refractivity contribution in [1.29, 1.82) is 0 Å². The number of aromatic nitrogens is 4. The molecule has 0 bridgehead atoms. The largest absolute Gasteiger partial charge is 0.368 e. The van der Waals surface area contributed by atoms with Gasteiger partial charge in [-0.2, -0.15) is 5.10 Å². The number of nitrogen functional groups attached to an aromatic ring is 1. The Balaban J connectivity index is 2.96. The van der Waals surface area contributed by atoms with Gasteiger partial charge in [0, 0.05) is 6.20 Å². The lowest BCUT2D eigenvalue weighted by Gasteiger charge is -1.93. The molecule has 6 heteroatoms. The number of fused-ring (bicyclic) bond motifs is 1. The maximum absolute atomic E-state index is 11.1. The van der Waals surface area contributed by atoms with Gasteiger partial charge in [0.25, 0.3) is 5.56 Å². The third-order valence-corrected chi connectivity index (χ3v) is 1.43. The highest BCUT2D eigenvalue weighted by molar-refractivity contribution is 5.75. The lowest BCUT2D eigenvalue weighted by atomic mass is 10.3. The molecular formula is C6H5N5O. The van der Waals surface area contributed by atoms with Crippen molar-refractivity contribution in [3.05, 3.63) is 22.7 Å². The van der Waals surface area contributed by atoms with Crippen LogP contribution in [-0.4, -0.2) is 20.2 Å². The molecule has 6 nitrogen and oxygen atoms in total. The van der Waals surface area contributed by atoms with Gasteiger partial charge in [-0.05, 0) is 0 Å². The molecule has 3 N–H and O–H groups in total. The summed E-state index contributed by atoms with van der Waals surface area (Å²) in [5.74, 6) is 0.134. The van der Waals surface area contributed by atoms with Crippen LogP contribution in [0.25, 0.3) is 10.9 Å². The molecule has 0 aliphatic rings. The molecule has 2 aromatic heterocycles. The lowest BCUT2D eigenvalue weighted by Crippen LogP contribution is -2.09. The molecule has 12 heavy (non-hydrogen) atoms. The summed E-state index contributed by atoms with van der Waals surface area (Å²) in [4.78, 5) is 18.6. The summed E-state index contributed by atoms with van der Waals surface area (Å²) in [5, 5.41) is 6.23. The Bertz CT molecular complexity index is 477. The minimum atomic E-state index is -0.312. The van der Waals surface area contributed by atoms with Crippen molar-refractivity contribution in [3.63, 3.8) is 0 Å². The fourth-order valence-corrected chi connectivity index (χ4v) is 0.895. The first-order valence-electron chi connectivity index (χ1n) is 3.23. The van der Waals surface area contributed by atoms with Crippen molar-refractivity contribution in [2.24, 2.45) is 0 Å². The van der Waals surface area contributed by atoms with E-state index in [1.807, 2.05) is 0 Å². The van der Waals surface area contributed by atoms with Gasteiger partial charge < -0.3 is 5.73 Å². The Hall–Kier alpha value is -1.98. The fraction of sp³-hybridized carbons (Fsp3) is 0. The standard InChI is InChI=1S/C6H5N5O/c7-6-8-1-3-4(10-6)2-9-11-5(3)12/h1-2H,(H,11,12)(H2,7,8,10). The summed E-state index contributed by atoms with van der Waals surface area (Å²) >= 11 is 0. The van der Waals surface area contributed by atoms with Crippen LogP contribution >= 0.6 is 0 Å². The smallest absolute Gasteiger partial charge is 0.275 e. The van der Waals surface area contributed by atoms with Crippen molar-refractivity contribution in [2.75, 3.05) is 5.73 Å². The Labute approximate surface area is 66.5 Å². The van der Waals surface area contributed by atoms with E-state index in [4.69, 9.17) is 5.73 Å². The molecule has 0 amide bonds. The van der Waals surface area contributed by atoms with Crippen LogP contribution in [-0.2, 0) is 0 Å². The van der Waals surface area contributed by atoms with Gasteiger partial charge in [-0.25, -0.2) is 15.1 Å². The number of anilines is 1. The minimum Gasteiger partial charge on any atom is -0.368 e.